The van der Waals surface area contributed by atoms with Crippen molar-refractivity contribution >= 4 is 11.8 Å². The van der Waals surface area contributed by atoms with Crippen LogP contribution in [0, 0.1) is 11.6 Å². The highest BCUT2D eigenvalue weighted by molar-refractivity contribution is 5.90. The fraction of sp³-hybridized carbons (Fsp3) is 0.467. The number of carbonyl (C=O) groups excluding carboxylic acids is 2. The maximum atomic E-state index is 13.7. The lowest BCUT2D eigenvalue weighted by Gasteiger charge is -2.29. The molecular formula is C15H20F2N2O3. The molecule has 0 aliphatic carbocycles. The summed E-state index contributed by atoms with van der Waals surface area (Å²) in [5, 5.41) is 15.2. The third-order valence-electron chi connectivity index (χ3n) is 3.16. The van der Waals surface area contributed by atoms with Gasteiger partial charge >= 0.3 is 0 Å². The van der Waals surface area contributed by atoms with E-state index in [1.165, 1.54) is 27.7 Å². The van der Waals surface area contributed by atoms with Crippen molar-refractivity contribution in [3.05, 3.63) is 35.4 Å². The van der Waals surface area contributed by atoms with Crippen LogP contribution in [0.25, 0.3) is 0 Å². The molecule has 1 rings (SSSR count). The van der Waals surface area contributed by atoms with E-state index >= 15 is 0 Å². The summed E-state index contributed by atoms with van der Waals surface area (Å²) in [5.41, 5.74) is -3.03. The van der Waals surface area contributed by atoms with E-state index in [1.807, 2.05) is 0 Å². The molecule has 1 aromatic carbocycles. The zero-order chi connectivity index (χ0) is 17.1. The van der Waals surface area contributed by atoms with E-state index in [9.17, 15) is 23.5 Å². The second-order valence-electron chi connectivity index (χ2n) is 5.89. The van der Waals surface area contributed by atoms with Crippen LogP contribution in [0.15, 0.2) is 18.2 Å². The van der Waals surface area contributed by atoms with Crippen molar-refractivity contribution in [3.63, 3.8) is 0 Å². The Morgan fingerprint density at radius 2 is 1.82 bits per heavy atom. The summed E-state index contributed by atoms with van der Waals surface area (Å²) in [7, 11) is 0. The van der Waals surface area contributed by atoms with Gasteiger partial charge in [0, 0.05) is 18.6 Å². The first-order valence-electron chi connectivity index (χ1n) is 6.70. The van der Waals surface area contributed by atoms with Crippen LogP contribution in [0.4, 0.5) is 8.78 Å². The van der Waals surface area contributed by atoms with Crippen LogP contribution >= 0.6 is 0 Å². The monoisotopic (exact) mass is 314 g/mol. The van der Waals surface area contributed by atoms with Crippen molar-refractivity contribution in [3.8, 4) is 0 Å². The lowest BCUT2D eigenvalue weighted by molar-refractivity contribution is -0.132. The molecule has 0 aliphatic heterocycles. The van der Waals surface area contributed by atoms with Crippen molar-refractivity contribution in [2.75, 3.05) is 6.54 Å². The van der Waals surface area contributed by atoms with E-state index in [2.05, 4.69) is 10.6 Å². The Labute approximate surface area is 127 Å². The quantitative estimate of drug-likeness (QED) is 0.764. The Balaban J connectivity index is 2.81. The lowest BCUT2D eigenvalue weighted by Crippen LogP contribution is -2.56. The fourth-order valence-corrected chi connectivity index (χ4v) is 1.99. The smallest absolute Gasteiger partial charge is 0.245 e. The molecular weight excluding hydrogens is 294 g/mol. The first kappa shape index (κ1) is 18.0. The van der Waals surface area contributed by atoms with Gasteiger partial charge in [-0.3, -0.25) is 9.59 Å². The molecule has 0 bridgehead atoms. The van der Waals surface area contributed by atoms with Crippen LogP contribution in [-0.2, 0) is 15.2 Å². The van der Waals surface area contributed by atoms with E-state index in [0.29, 0.717) is 6.07 Å². The van der Waals surface area contributed by atoms with E-state index in [0.717, 1.165) is 12.1 Å². The average molecular weight is 314 g/mol. The van der Waals surface area contributed by atoms with Crippen molar-refractivity contribution in [1.82, 2.24) is 10.6 Å². The second kappa shape index (κ2) is 6.39. The number of hydrogen-bond donors (Lipinski definition) is 3. The number of amides is 2. The minimum atomic E-state index is -1.72. The molecule has 0 heterocycles. The highest BCUT2D eigenvalue weighted by Crippen LogP contribution is 2.23. The lowest BCUT2D eigenvalue weighted by atomic mass is 9.94. The summed E-state index contributed by atoms with van der Waals surface area (Å²) in [6.07, 6.45) is 0. The molecule has 1 atom stereocenters. The zero-order valence-electron chi connectivity index (χ0n) is 13.0. The zero-order valence-corrected chi connectivity index (χ0v) is 13.0. The molecule has 7 heteroatoms. The number of aliphatic hydroxyl groups is 1. The number of halogens is 2. The molecule has 22 heavy (non-hydrogen) atoms. The number of rotatable bonds is 5. The Bertz CT molecular complexity index is 586. The van der Waals surface area contributed by atoms with Gasteiger partial charge in [0.25, 0.3) is 0 Å². The first-order chi connectivity index (χ1) is 9.95. The van der Waals surface area contributed by atoms with Crippen LogP contribution in [0.3, 0.4) is 0 Å². The number of benzene rings is 1. The number of carbonyl (C=O) groups is 2. The summed E-state index contributed by atoms with van der Waals surface area (Å²) in [5.74, 6) is -2.57. The summed E-state index contributed by atoms with van der Waals surface area (Å²) in [4.78, 5) is 23.1. The summed E-state index contributed by atoms with van der Waals surface area (Å²) >= 11 is 0. The van der Waals surface area contributed by atoms with Gasteiger partial charge in [0.2, 0.25) is 11.8 Å². The van der Waals surface area contributed by atoms with Gasteiger partial charge < -0.3 is 15.7 Å². The fourth-order valence-electron chi connectivity index (χ4n) is 1.99. The molecule has 5 nitrogen and oxygen atoms in total. The van der Waals surface area contributed by atoms with Crippen molar-refractivity contribution in [2.24, 2.45) is 0 Å². The second-order valence-corrected chi connectivity index (χ2v) is 5.89. The van der Waals surface area contributed by atoms with Gasteiger partial charge in [-0.25, -0.2) is 8.78 Å². The maximum Gasteiger partial charge on any atom is 0.245 e. The molecule has 1 aromatic rings. The van der Waals surface area contributed by atoms with Crippen LogP contribution in [0.1, 0.15) is 33.3 Å². The maximum absolute atomic E-state index is 13.7. The van der Waals surface area contributed by atoms with Crippen LogP contribution in [0.2, 0.25) is 0 Å². The van der Waals surface area contributed by atoms with E-state index in [1.54, 1.807) is 0 Å². The van der Waals surface area contributed by atoms with Crippen molar-refractivity contribution in [2.45, 2.75) is 38.8 Å². The van der Waals surface area contributed by atoms with Crippen LogP contribution < -0.4 is 10.6 Å². The average Bonchev–Trinajstić information content (AvgIpc) is 2.33. The topological polar surface area (TPSA) is 78.4 Å². The van der Waals surface area contributed by atoms with Gasteiger partial charge in [-0.05, 0) is 26.8 Å². The van der Waals surface area contributed by atoms with Gasteiger partial charge in [-0.1, -0.05) is 6.07 Å². The van der Waals surface area contributed by atoms with Crippen LogP contribution in [0.5, 0.6) is 0 Å². The van der Waals surface area contributed by atoms with Crippen molar-refractivity contribution < 1.29 is 23.5 Å². The van der Waals surface area contributed by atoms with E-state index < -0.39 is 28.7 Å². The molecule has 122 valence electrons. The molecule has 1 unspecified atom stereocenters. The highest BCUT2D eigenvalue weighted by Gasteiger charge is 2.32. The van der Waals surface area contributed by atoms with E-state index in [-0.39, 0.29) is 18.0 Å². The summed E-state index contributed by atoms with van der Waals surface area (Å²) < 4.78 is 26.6. The van der Waals surface area contributed by atoms with Gasteiger partial charge in [-0.2, -0.15) is 0 Å². The Kier molecular flexibility index (Phi) is 5.24. The molecule has 0 saturated heterocycles. The molecule has 0 radical (unpaired) electrons. The molecule has 2 amide bonds. The largest absolute Gasteiger partial charge is 0.383 e. The normalized spacial score (nSPS) is 14.1. The Morgan fingerprint density at radius 1 is 1.23 bits per heavy atom. The van der Waals surface area contributed by atoms with E-state index in [4.69, 9.17) is 0 Å². The Morgan fingerprint density at radius 3 is 2.32 bits per heavy atom. The predicted octanol–water partition coefficient (Wildman–Crippen LogP) is 1.20. The molecule has 0 fully saturated rings. The van der Waals surface area contributed by atoms with Gasteiger partial charge in [0.05, 0.1) is 6.54 Å². The number of nitrogens with one attached hydrogen (secondary N) is 2. The minimum absolute atomic E-state index is 0.133. The third kappa shape index (κ3) is 4.49. The predicted molar refractivity (Wildman–Crippen MR) is 76.8 cm³/mol. The molecule has 0 saturated carbocycles. The highest BCUT2D eigenvalue weighted by atomic mass is 19.1. The molecule has 3 N–H and O–H groups in total. The number of hydrogen-bond acceptors (Lipinski definition) is 3. The molecule has 0 spiro atoms. The Hall–Kier alpha value is -2.02. The summed E-state index contributed by atoms with van der Waals surface area (Å²) in [6.45, 7) is 5.28. The van der Waals surface area contributed by atoms with Crippen molar-refractivity contribution in [1.29, 1.82) is 0 Å². The standard InChI is InChI=1S/C15H20F2N2O3/c1-9(20)19-14(2,3)13(21)18-8-15(4,22)11-6-5-10(16)7-12(11)17/h5-7,22H,8H2,1-4H3,(H,18,21)(H,19,20). The van der Waals surface area contributed by atoms with Gasteiger partial charge in [0.15, 0.2) is 0 Å². The molecule has 0 aliphatic rings. The first-order valence-corrected chi connectivity index (χ1v) is 6.70. The van der Waals surface area contributed by atoms with Gasteiger partial charge in [-0.15, -0.1) is 0 Å². The third-order valence-corrected chi connectivity index (χ3v) is 3.16. The minimum Gasteiger partial charge on any atom is -0.383 e. The SMILES string of the molecule is CC(=O)NC(C)(C)C(=O)NCC(C)(O)c1ccc(F)cc1F. The van der Waals surface area contributed by atoms with Crippen LogP contribution in [-0.4, -0.2) is 29.0 Å². The summed E-state index contributed by atoms with van der Waals surface area (Å²) in [6, 6.07) is 2.80. The molecule has 0 aromatic heterocycles. The van der Waals surface area contributed by atoms with Gasteiger partial charge in [0.1, 0.15) is 22.8 Å².